The first-order valence-electron chi connectivity index (χ1n) is 11.3. The van der Waals surface area contributed by atoms with Crippen molar-refractivity contribution in [3.63, 3.8) is 0 Å². The van der Waals surface area contributed by atoms with Crippen LogP contribution in [0.15, 0.2) is 54.6 Å². The van der Waals surface area contributed by atoms with E-state index in [0.717, 1.165) is 42.4 Å². The van der Waals surface area contributed by atoms with E-state index >= 15 is 0 Å². The molecule has 1 aliphatic carbocycles. The Kier molecular flexibility index (Phi) is 7.01. The highest BCUT2D eigenvalue weighted by Crippen LogP contribution is 2.26. The molecule has 1 heterocycles. The number of nitrogens with one attached hydrogen (secondary N) is 2. The Balaban J connectivity index is 1.31. The molecule has 1 amide bonds. The zero-order valence-electron chi connectivity index (χ0n) is 19.3. The van der Waals surface area contributed by atoms with Gasteiger partial charge in [-0.15, -0.1) is 0 Å². The van der Waals surface area contributed by atoms with Crippen molar-refractivity contribution in [2.75, 3.05) is 24.3 Å². The monoisotopic (exact) mass is 460 g/mol. The summed E-state index contributed by atoms with van der Waals surface area (Å²) in [7, 11) is 3.94. The number of nitro benzene ring substituents is 1. The first kappa shape index (κ1) is 23.2. The number of nitro groups is 1. The van der Waals surface area contributed by atoms with Crippen LogP contribution in [-0.2, 0) is 4.79 Å². The van der Waals surface area contributed by atoms with Gasteiger partial charge in [0.15, 0.2) is 0 Å². The molecule has 9 nitrogen and oxygen atoms in total. The smallest absolute Gasteiger partial charge is 0.270 e. The number of carbonyl (C=O) groups is 1. The maximum absolute atomic E-state index is 12.3. The number of nitrogens with zero attached hydrogens (tertiary/aromatic N) is 4. The van der Waals surface area contributed by atoms with Crippen LogP contribution in [0.4, 0.5) is 17.5 Å². The van der Waals surface area contributed by atoms with Crippen LogP contribution < -0.4 is 15.5 Å². The third-order valence-electron chi connectivity index (χ3n) is 5.92. The van der Waals surface area contributed by atoms with Gasteiger partial charge in [-0.3, -0.25) is 14.9 Å². The topological polar surface area (TPSA) is 113 Å². The first-order valence-corrected chi connectivity index (χ1v) is 11.3. The molecule has 0 spiro atoms. The van der Waals surface area contributed by atoms with E-state index < -0.39 is 4.92 Å². The van der Waals surface area contributed by atoms with Gasteiger partial charge >= 0.3 is 0 Å². The zero-order chi connectivity index (χ0) is 24.1. The fourth-order valence-corrected chi connectivity index (χ4v) is 4.19. The van der Waals surface area contributed by atoms with Gasteiger partial charge in [-0.1, -0.05) is 24.3 Å². The molecular weight excluding hydrogens is 432 g/mol. The van der Waals surface area contributed by atoms with Crippen molar-refractivity contribution < 1.29 is 9.72 Å². The van der Waals surface area contributed by atoms with E-state index in [1.165, 1.54) is 18.2 Å². The summed E-state index contributed by atoms with van der Waals surface area (Å²) >= 11 is 0. The van der Waals surface area contributed by atoms with Gasteiger partial charge in [-0.2, -0.15) is 4.98 Å². The van der Waals surface area contributed by atoms with Gasteiger partial charge in [-0.05, 0) is 49.5 Å². The number of anilines is 2. The van der Waals surface area contributed by atoms with E-state index in [-0.39, 0.29) is 23.7 Å². The molecule has 2 N–H and O–H groups in total. The molecule has 0 atom stereocenters. The van der Waals surface area contributed by atoms with Crippen LogP contribution in [-0.4, -0.2) is 47.0 Å². The van der Waals surface area contributed by atoms with Crippen LogP contribution in [0, 0.1) is 10.1 Å². The zero-order valence-corrected chi connectivity index (χ0v) is 19.3. The Morgan fingerprint density at radius 2 is 1.79 bits per heavy atom. The van der Waals surface area contributed by atoms with Crippen molar-refractivity contribution in [2.45, 2.75) is 37.8 Å². The van der Waals surface area contributed by atoms with Gasteiger partial charge in [0.05, 0.1) is 10.4 Å². The molecule has 1 fully saturated rings. The number of para-hydroxylation sites is 1. The molecule has 0 aliphatic heterocycles. The van der Waals surface area contributed by atoms with Crippen molar-refractivity contribution >= 4 is 40.3 Å². The molecule has 176 valence electrons. The second kappa shape index (κ2) is 10.3. The minimum atomic E-state index is -0.450. The van der Waals surface area contributed by atoms with Crippen molar-refractivity contribution in [3.8, 4) is 0 Å². The Bertz CT molecular complexity index is 1220. The van der Waals surface area contributed by atoms with E-state index in [2.05, 4.69) is 15.6 Å². The number of hydrogen-bond acceptors (Lipinski definition) is 7. The predicted octanol–water partition coefficient (Wildman–Crippen LogP) is 4.16. The highest BCUT2D eigenvalue weighted by atomic mass is 16.6. The molecule has 1 saturated carbocycles. The predicted molar refractivity (Wildman–Crippen MR) is 134 cm³/mol. The lowest BCUT2D eigenvalue weighted by atomic mass is 9.91. The highest BCUT2D eigenvalue weighted by Gasteiger charge is 2.23. The van der Waals surface area contributed by atoms with Crippen molar-refractivity contribution in [1.29, 1.82) is 0 Å². The van der Waals surface area contributed by atoms with E-state index in [1.54, 1.807) is 18.2 Å². The quantitative estimate of drug-likeness (QED) is 0.309. The molecule has 34 heavy (non-hydrogen) atoms. The Morgan fingerprint density at radius 1 is 1.06 bits per heavy atom. The lowest BCUT2D eigenvalue weighted by molar-refractivity contribution is -0.384. The number of fused-ring (bicyclic) bond motifs is 1. The van der Waals surface area contributed by atoms with E-state index in [9.17, 15) is 14.9 Å². The maximum Gasteiger partial charge on any atom is 0.270 e. The number of aromatic nitrogens is 2. The summed E-state index contributed by atoms with van der Waals surface area (Å²) in [5.41, 5.74) is 1.52. The standard InChI is InChI=1S/C25H28N6O3/c1-30(2)24-21-8-3-4-9-22(21)28-25(29-24)27-19-13-11-18(12-14-19)26-23(32)15-10-17-6-5-7-20(16-17)31(33)34/h3-10,15-16,18-19H,11-14H2,1-2H3,(H,26,32)(H,27,28,29)/b15-10+/t18-,19+. The molecular formula is C25H28N6O3. The molecule has 2 aromatic carbocycles. The molecule has 0 unspecified atom stereocenters. The number of non-ortho nitro benzene ring substituents is 1. The second-order valence-corrected chi connectivity index (χ2v) is 8.67. The van der Waals surface area contributed by atoms with E-state index in [1.807, 2.05) is 43.3 Å². The maximum atomic E-state index is 12.3. The lowest BCUT2D eigenvalue weighted by Gasteiger charge is -2.29. The number of hydrogen-bond donors (Lipinski definition) is 2. The summed E-state index contributed by atoms with van der Waals surface area (Å²) in [6.07, 6.45) is 6.51. The largest absolute Gasteiger partial charge is 0.362 e. The average Bonchev–Trinajstić information content (AvgIpc) is 2.83. The number of benzene rings is 2. The van der Waals surface area contributed by atoms with Crippen molar-refractivity contribution in [2.24, 2.45) is 0 Å². The van der Waals surface area contributed by atoms with E-state index in [0.29, 0.717) is 11.5 Å². The highest BCUT2D eigenvalue weighted by molar-refractivity contribution is 5.92. The number of carbonyl (C=O) groups excluding carboxylic acids is 1. The molecule has 0 bridgehead atoms. The average molecular weight is 461 g/mol. The summed E-state index contributed by atoms with van der Waals surface area (Å²) in [5.74, 6) is 1.30. The minimum absolute atomic E-state index is 0.00137. The van der Waals surface area contributed by atoms with Gasteiger partial charge in [-0.25, -0.2) is 4.98 Å². The summed E-state index contributed by atoms with van der Waals surface area (Å²) in [5, 5.41) is 18.4. The Labute approximate surface area is 198 Å². The summed E-state index contributed by atoms with van der Waals surface area (Å²) in [6.45, 7) is 0. The van der Waals surface area contributed by atoms with Gasteiger partial charge in [0.2, 0.25) is 11.9 Å². The van der Waals surface area contributed by atoms with Crippen molar-refractivity contribution in [3.05, 3.63) is 70.3 Å². The van der Waals surface area contributed by atoms with Gasteiger partial charge in [0, 0.05) is 49.8 Å². The Morgan fingerprint density at radius 3 is 2.53 bits per heavy atom. The Hall–Kier alpha value is -4.01. The third kappa shape index (κ3) is 5.67. The van der Waals surface area contributed by atoms with Crippen LogP contribution >= 0.6 is 0 Å². The molecule has 9 heteroatoms. The molecule has 0 radical (unpaired) electrons. The number of amides is 1. The van der Waals surface area contributed by atoms with Crippen LogP contribution in [0.5, 0.6) is 0 Å². The molecule has 0 saturated heterocycles. The van der Waals surface area contributed by atoms with Crippen LogP contribution in [0.2, 0.25) is 0 Å². The van der Waals surface area contributed by atoms with Crippen LogP contribution in [0.3, 0.4) is 0 Å². The van der Waals surface area contributed by atoms with Gasteiger partial charge < -0.3 is 15.5 Å². The molecule has 4 rings (SSSR count). The number of rotatable bonds is 7. The SMILES string of the molecule is CN(C)c1nc(N[C@H]2CC[C@@H](NC(=O)/C=C/c3cccc([N+](=O)[O-])c3)CC2)nc2ccccc12. The third-order valence-corrected chi connectivity index (χ3v) is 5.92. The second-order valence-electron chi connectivity index (χ2n) is 8.67. The molecule has 1 aromatic heterocycles. The van der Waals surface area contributed by atoms with Gasteiger partial charge in [0.1, 0.15) is 5.82 Å². The fraction of sp³-hybridized carbons (Fsp3) is 0.320. The van der Waals surface area contributed by atoms with Crippen molar-refractivity contribution in [1.82, 2.24) is 15.3 Å². The normalized spacial score (nSPS) is 18.1. The first-order chi connectivity index (χ1) is 16.4. The van der Waals surface area contributed by atoms with Crippen LogP contribution in [0.1, 0.15) is 31.2 Å². The summed E-state index contributed by atoms with van der Waals surface area (Å²) in [4.78, 5) is 34.2. The van der Waals surface area contributed by atoms with Crippen LogP contribution in [0.25, 0.3) is 17.0 Å². The summed E-state index contributed by atoms with van der Waals surface area (Å²) in [6, 6.07) is 14.5. The summed E-state index contributed by atoms with van der Waals surface area (Å²) < 4.78 is 0. The molecule has 1 aliphatic rings. The lowest BCUT2D eigenvalue weighted by Crippen LogP contribution is -2.39. The van der Waals surface area contributed by atoms with Gasteiger partial charge in [0.25, 0.3) is 5.69 Å². The minimum Gasteiger partial charge on any atom is -0.362 e. The fourth-order valence-electron chi connectivity index (χ4n) is 4.19. The molecule has 3 aromatic rings. The van der Waals surface area contributed by atoms with E-state index in [4.69, 9.17) is 4.98 Å².